The predicted octanol–water partition coefficient (Wildman–Crippen LogP) is 5.01. The van der Waals surface area contributed by atoms with Crippen molar-refractivity contribution in [1.29, 1.82) is 0 Å². The Hall–Kier alpha value is -4.21. The Bertz CT molecular complexity index is 1340. The number of Topliss-reactive ketones (excluding diaryl/α,β-unsaturated/α-hetero) is 1. The number of ketones is 1. The zero-order chi connectivity index (χ0) is 29.0. The Kier molecular flexibility index (Phi) is 10.9. The van der Waals surface area contributed by atoms with Gasteiger partial charge in [-0.3, -0.25) is 19.5 Å². The molecule has 0 bridgehead atoms. The van der Waals surface area contributed by atoms with Crippen LogP contribution in [0.3, 0.4) is 0 Å². The molecule has 0 atom stereocenters. The van der Waals surface area contributed by atoms with E-state index >= 15 is 0 Å². The first-order valence-corrected chi connectivity index (χ1v) is 14.1. The summed E-state index contributed by atoms with van der Waals surface area (Å²) in [5, 5.41) is 6.33. The minimum absolute atomic E-state index is 0.0285. The van der Waals surface area contributed by atoms with E-state index in [9.17, 15) is 9.59 Å². The number of amides is 1. The fraction of sp³-hybridized carbons (Fsp3) is 0.344. The van der Waals surface area contributed by atoms with Crippen LogP contribution in [0, 0.1) is 0 Å². The van der Waals surface area contributed by atoms with Crippen LogP contribution in [0.4, 0.5) is 17.1 Å². The molecule has 1 amide bonds. The van der Waals surface area contributed by atoms with Crippen LogP contribution in [-0.2, 0) is 11.3 Å². The quantitative estimate of drug-likeness (QED) is 0.153. The van der Waals surface area contributed by atoms with Gasteiger partial charge < -0.3 is 26.0 Å². The average molecular weight is 557 g/mol. The van der Waals surface area contributed by atoms with Crippen LogP contribution >= 0.6 is 0 Å². The van der Waals surface area contributed by atoms with Crippen molar-refractivity contribution in [3.05, 3.63) is 95.6 Å². The van der Waals surface area contributed by atoms with Gasteiger partial charge in [-0.25, -0.2) is 0 Å². The van der Waals surface area contributed by atoms with E-state index in [1.165, 1.54) is 0 Å². The first-order valence-electron chi connectivity index (χ1n) is 14.1. The second-order valence-electron chi connectivity index (χ2n) is 10.1. The molecule has 0 radical (unpaired) electrons. The Morgan fingerprint density at radius 1 is 1.05 bits per heavy atom. The average Bonchev–Trinajstić information content (AvgIpc) is 2.99. The molecule has 4 N–H and O–H groups in total. The topological polar surface area (TPSA) is 113 Å². The third kappa shape index (κ3) is 8.89. The van der Waals surface area contributed by atoms with Crippen molar-refractivity contribution in [2.45, 2.75) is 33.2 Å². The monoisotopic (exact) mass is 556 g/mol. The van der Waals surface area contributed by atoms with Crippen LogP contribution in [0.2, 0.25) is 0 Å². The molecule has 2 heterocycles. The smallest absolute Gasteiger partial charge is 0.274 e. The number of unbranched alkanes of at least 4 members (excludes halogenated alkanes) is 1. The molecule has 2 aromatic carbocycles. The van der Waals surface area contributed by atoms with Gasteiger partial charge in [-0.1, -0.05) is 30.3 Å². The predicted molar refractivity (Wildman–Crippen MR) is 164 cm³/mol. The van der Waals surface area contributed by atoms with E-state index in [1.54, 1.807) is 31.3 Å². The molecule has 3 aromatic rings. The maximum atomic E-state index is 12.7. The van der Waals surface area contributed by atoms with Crippen LogP contribution in [0.1, 0.15) is 53.1 Å². The normalized spacial score (nSPS) is 14.0. The number of nitrogens with one attached hydrogen (secondary N) is 2. The van der Waals surface area contributed by atoms with E-state index in [0.717, 1.165) is 69.3 Å². The number of benzene rings is 2. The van der Waals surface area contributed by atoms with E-state index in [2.05, 4.69) is 25.4 Å². The summed E-state index contributed by atoms with van der Waals surface area (Å²) in [6.07, 6.45) is 5.87. The van der Waals surface area contributed by atoms with Gasteiger partial charge in [-0.05, 0) is 75.2 Å². The molecule has 41 heavy (non-hydrogen) atoms. The molecule has 9 nitrogen and oxygen atoms in total. The van der Waals surface area contributed by atoms with Crippen molar-refractivity contribution < 1.29 is 14.3 Å². The number of nitrogens with two attached hydrogens (primary N) is 1. The van der Waals surface area contributed by atoms with Crippen LogP contribution in [0.15, 0.2) is 78.8 Å². The number of carbonyl (C=O) groups excluding carboxylic acids is 2. The fourth-order valence-corrected chi connectivity index (χ4v) is 4.72. The molecule has 216 valence electrons. The Morgan fingerprint density at radius 2 is 1.85 bits per heavy atom. The van der Waals surface area contributed by atoms with E-state index in [4.69, 9.17) is 10.5 Å². The number of nitrogen functional groups attached to an aromatic ring is 1. The number of carbonyl (C=O) groups is 2. The molecule has 0 saturated carbocycles. The highest BCUT2D eigenvalue weighted by Crippen LogP contribution is 2.20. The van der Waals surface area contributed by atoms with E-state index < -0.39 is 0 Å². The first kappa shape index (κ1) is 29.8. The van der Waals surface area contributed by atoms with Crippen molar-refractivity contribution in [2.75, 3.05) is 55.8 Å². The van der Waals surface area contributed by atoms with E-state index in [-0.39, 0.29) is 11.7 Å². The summed E-state index contributed by atoms with van der Waals surface area (Å²) < 4.78 is 5.47. The second-order valence-corrected chi connectivity index (χ2v) is 10.1. The maximum Gasteiger partial charge on any atom is 0.274 e. The number of anilines is 3. The largest absolute Gasteiger partial charge is 0.397 e. The standard InChI is InChI=1S/C32H40N6O3/c1-3-31(35-27-10-8-9-26(21-27)24(2)39)38(16-7-6-15-37-17-19-41-20-18-37)23-25-13-14-30(34-22-25)32(40)36-29-12-5-4-11-28(29)33/h3-5,8-14,21-22,35H,6-7,15-20,23,33H2,1-2H3,(H,36,40)/b31-3-. The number of morpholine rings is 1. The number of pyridine rings is 1. The van der Waals surface area contributed by atoms with Gasteiger partial charge in [-0.15, -0.1) is 0 Å². The van der Waals surface area contributed by atoms with Crippen molar-refractivity contribution in [3.8, 4) is 0 Å². The molecule has 4 rings (SSSR count). The van der Waals surface area contributed by atoms with Gasteiger partial charge in [0.15, 0.2) is 5.78 Å². The summed E-state index contributed by atoms with van der Waals surface area (Å²) in [4.78, 5) is 33.8. The lowest BCUT2D eigenvalue weighted by atomic mass is 10.1. The number of allylic oxidation sites excluding steroid dienone is 1. The molecular weight excluding hydrogens is 516 g/mol. The van der Waals surface area contributed by atoms with Crippen molar-refractivity contribution in [3.63, 3.8) is 0 Å². The van der Waals surface area contributed by atoms with Gasteiger partial charge in [0, 0.05) is 43.6 Å². The highest BCUT2D eigenvalue weighted by atomic mass is 16.5. The van der Waals surface area contributed by atoms with Crippen molar-refractivity contribution in [1.82, 2.24) is 14.8 Å². The van der Waals surface area contributed by atoms with Crippen LogP contribution in [-0.4, -0.2) is 65.9 Å². The number of para-hydroxylation sites is 2. The highest BCUT2D eigenvalue weighted by Gasteiger charge is 2.15. The molecular formula is C32H40N6O3. The summed E-state index contributed by atoms with van der Waals surface area (Å²) in [6.45, 7) is 9.64. The molecule has 1 fully saturated rings. The second kappa shape index (κ2) is 15.0. The lowest BCUT2D eigenvalue weighted by Gasteiger charge is -2.30. The fourth-order valence-electron chi connectivity index (χ4n) is 4.72. The molecule has 0 aliphatic carbocycles. The number of nitrogens with zero attached hydrogens (tertiary/aromatic N) is 3. The zero-order valence-corrected chi connectivity index (χ0v) is 23.9. The maximum absolute atomic E-state index is 12.7. The molecule has 9 heteroatoms. The zero-order valence-electron chi connectivity index (χ0n) is 23.9. The number of aromatic nitrogens is 1. The molecule has 1 aromatic heterocycles. The highest BCUT2D eigenvalue weighted by molar-refractivity contribution is 6.04. The third-order valence-electron chi connectivity index (χ3n) is 7.05. The van der Waals surface area contributed by atoms with E-state index in [1.807, 2.05) is 55.5 Å². The lowest BCUT2D eigenvalue weighted by molar-refractivity contribution is 0.0369. The van der Waals surface area contributed by atoms with Crippen LogP contribution < -0.4 is 16.4 Å². The summed E-state index contributed by atoms with van der Waals surface area (Å²) in [5.41, 5.74) is 9.84. The number of ether oxygens (including phenoxy) is 1. The number of hydrogen-bond donors (Lipinski definition) is 3. The lowest BCUT2D eigenvalue weighted by Crippen LogP contribution is -2.37. The summed E-state index contributed by atoms with van der Waals surface area (Å²) >= 11 is 0. The molecule has 1 aliphatic rings. The van der Waals surface area contributed by atoms with Gasteiger partial charge in [0.25, 0.3) is 5.91 Å². The van der Waals surface area contributed by atoms with Crippen molar-refractivity contribution in [2.24, 2.45) is 0 Å². The Balaban J connectivity index is 1.44. The Labute approximate surface area is 242 Å². The van der Waals surface area contributed by atoms with Gasteiger partial charge in [0.1, 0.15) is 11.5 Å². The Morgan fingerprint density at radius 3 is 2.56 bits per heavy atom. The van der Waals surface area contributed by atoms with Gasteiger partial charge >= 0.3 is 0 Å². The number of rotatable bonds is 13. The SMILES string of the molecule is C/C=C(/Nc1cccc(C(C)=O)c1)N(CCCCN1CCOCC1)Cc1ccc(C(=O)Nc2ccccc2N)nc1. The molecule has 1 aliphatic heterocycles. The summed E-state index contributed by atoms with van der Waals surface area (Å²) in [6, 6.07) is 18.3. The van der Waals surface area contributed by atoms with Gasteiger partial charge in [-0.2, -0.15) is 0 Å². The van der Waals surface area contributed by atoms with E-state index in [0.29, 0.717) is 29.2 Å². The number of hydrogen-bond acceptors (Lipinski definition) is 8. The molecule has 1 saturated heterocycles. The minimum atomic E-state index is -0.310. The van der Waals surface area contributed by atoms with Crippen molar-refractivity contribution >= 4 is 28.8 Å². The van der Waals surface area contributed by atoms with Gasteiger partial charge in [0.2, 0.25) is 0 Å². The van der Waals surface area contributed by atoms with Crippen LogP contribution in [0.5, 0.6) is 0 Å². The molecule has 0 unspecified atom stereocenters. The summed E-state index contributed by atoms with van der Waals surface area (Å²) in [7, 11) is 0. The summed E-state index contributed by atoms with van der Waals surface area (Å²) in [5.74, 6) is 0.662. The van der Waals surface area contributed by atoms with Crippen LogP contribution in [0.25, 0.3) is 0 Å². The molecule has 0 spiro atoms. The minimum Gasteiger partial charge on any atom is -0.397 e. The van der Waals surface area contributed by atoms with Gasteiger partial charge in [0.05, 0.1) is 24.6 Å². The first-order chi connectivity index (χ1) is 19.9. The third-order valence-corrected chi connectivity index (χ3v) is 7.05.